The van der Waals surface area contributed by atoms with Crippen molar-refractivity contribution in [3.63, 3.8) is 0 Å². The minimum Gasteiger partial charge on any atom is -0.355 e. The summed E-state index contributed by atoms with van der Waals surface area (Å²) in [5.41, 5.74) is 1.27. The van der Waals surface area contributed by atoms with E-state index in [-0.39, 0.29) is 5.91 Å². The van der Waals surface area contributed by atoms with Crippen molar-refractivity contribution in [2.45, 2.75) is 19.3 Å². The third-order valence-corrected chi connectivity index (χ3v) is 3.58. The molecule has 1 fully saturated rings. The van der Waals surface area contributed by atoms with E-state index < -0.39 is 0 Å². The summed E-state index contributed by atoms with van der Waals surface area (Å²) < 4.78 is 5.21. The fourth-order valence-corrected chi connectivity index (χ4v) is 2.15. The van der Waals surface area contributed by atoms with Gasteiger partial charge < -0.3 is 9.84 Å². The van der Waals surface area contributed by atoms with E-state index in [1.165, 1.54) is 19.3 Å². The summed E-state index contributed by atoms with van der Waals surface area (Å²) in [5.74, 6) is 1.11. The van der Waals surface area contributed by atoms with Crippen LogP contribution in [0.2, 0.25) is 0 Å². The smallest absolute Gasteiger partial charge is 0.273 e. The number of aromatic nitrogens is 1. The Morgan fingerprint density at radius 2 is 2.11 bits per heavy atom. The van der Waals surface area contributed by atoms with E-state index >= 15 is 0 Å². The van der Waals surface area contributed by atoms with Gasteiger partial charge in [-0.3, -0.25) is 4.79 Å². The summed E-state index contributed by atoms with van der Waals surface area (Å²) >= 11 is 0. The maximum Gasteiger partial charge on any atom is 0.273 e. The van der Waals surface area contributed by atoms with E-state index in [1.807, 2.05) is 30.3 Å². The molecule has 3 rings (SSSR count). The number of rotatable bonds is 4. The summed E-state index contributed by atoms with van der Waals surface area (Å²) in [5, 5.41) is 6.73. The van der Waals surface area contributed by atoms with Crippen molar-refractivity contribution in [3.8, 4) is 11.3 Å². The highest BCUT2D eigenvalue weighted by Crippen LogP contribution is 2.25. The van der Waals surface area contributed by atoms with Crippen LogP contribution in [-0.4, -0.2) is 17.6 Å². The van der Waals surface area contributed by atoms with Crippen LogP contribution in [0.3, 0.4) is 0 Å². The van der Waals surface area contributed by atoms with E-state index in [0.29, 0.717) is 17.4 Å². The standard InChI is InChI=1S/C15H16N2O2/c18-15(16-10-11-5-4-6-11)13-9-14(19-17-13)12-7-2-1-3-8-12/h1-3,7-9,11H,4-6,10H2,(H,16,18). The lowest BCUT2D eigenvalue weighted by molar-refractivity contribution is 0.0930. The minimum absolute atomic E-state index is 0.155. The fourth-order valence-electron chi connectivity index (χ4n) is 2.15. The highest BCUT2D eigenvalue weighted by Gasteiger charge is 2.19. The molecule has 0 aliphatic heterocycles. The average Bonchev–Trinajstić information content (AvgIpc) is 2.87. The number of amides is 1. The molecule has 1 aliphatic carbocycles. The maximum absolute atomic E-state index is 11.9. The first kappa shape index (κ1) is 12.0. The molecule has 0 atom stereocenters. The van der Waals surface area contributed by atoms with E-state index in [1.54, 1.807) is 6.07 Å². The second-order valence-electron chi connectivity index (χ2n) is 4.95. The van der Waals surface area contributed by atoms with Crippen molar-refractivity contribution in [3.05, 3.63) is 42.1 Å². The number of hydrogen-bond donors (Lipinski definition) is 1. The van der Waals surface area contributed by atoms with E-state index in [4.69, 9.17) is 4.52 Å². The molecule has 4 nitrogen and oxygen atoms in total. The average molecular weight is 256 g/mol. The lowest BCUT2D eigenvalue weighted by Gasteiger charge is -2.24. The number of carbonyl (C=O) groups excluding carboxylic acids is 1. The Bertz CT molecular complexity index is 559. The molecule has 0 bridgehead atoms. The van der Waals surface area contributed by atoms with Crippen LogP contribution >= 0.6 is 0 Å². The highest BCUT2D eigenvalue weighted by molar-refractivity contribution is 5.93. The van der Waals surface area contributed by atoms with E-state index in [0.717, 1.165) is 12.1 Å². The molecule has 0 spiro atoms. The lowest BCUT2D eigenvalue weighted by Crippen LogP contribution is -2.32. The summed E-state index contributed by atoms with van der Waals surface area (Å²) in [6.07, 6.45) is 3.71. The molecular formula is C15H16N2O2. The van der Waals surface area contributed by atoms with Gasteiger partial charge in [-0.1, -0.05) is 41.9 Å². The van der Waals surface area contributed by atoms with Crippen molar-refractivity contribution in [1.82, 2.24) is 10.5 Å². The number of benzene rings is 1. The first-order valence-corrected chi connectivity index (χ1v) is 6.63. The maximum atomic E-state index is 11.9. The van der Waals surface area contributed by atoms with Crippen molar-refractivity contribution < 1.29 is 9.32 Å². The molecule has 0 saturated heterocycles. The van der Waals surface area contributed by atoms with Crippen LogP contribution in [0.4, 0.5) is 0 Å². The van der Waals surface area contributed by atoms with Gasteiger partial charge in [-0.05, 0) is 18.8 Å². The van der Waals surface area contributed by atoms with Crippen LogP contribution in [0, 0.1) is 5.92 Å². The molecule has 1 saturated carbocycles. The van der Waals surface area contributed by atoms with Gasteiger partial charge in [-0.25, -0.2) is 0 Å². The SMILES string of the molecule is O=C(NCC1CCC1)c1cc(-c2ccccc2)on1. The summed E-state index contributed by atoms with van der Waals surface area (Å²) in [4.78, 5) is 11.9. The van der Waals surface area contributed by atoms with Crippen molar-refractivity contribution in [2.24, 2.45) is 5.92 Å². The van der Waals surface area contributed by atoms with Crippen LogP contribution in [0.15, 0.2) is 40.9 Å². The third-order valence-electron chi connectivity index (χ3n) is 3.58. The normalized spacial score (nSPS) is 14.9. The Morgan fingerprint density at radius 1 is 1.32 bits per heavy atom. The van der Waals surface area contributed by atoms with Crippen LogP contribution in [-0.2, 0) is 0 Å². The summed E-state index contributed by atoms with van der Waals surface area (Å²) in [6.45, 7) is 0.742. The molecule has 0 unspecified atom stereocenters. The van der Waals surface area contributed by atoms with Crippen molar-refractivity contribution in [1.29, 1.82) is 0 Å². The van der Waals surface area contributed by atoms with Gasteiger partial charge in [-0.2, -0.15) is 0 Å². The second kappa shape index (κ2) is 5.26. The monoisotopic (exact) mass is 256 g/mol. The van der Waals surface area contributed by atoms with Gasteiger partial charge in [0.15, 0.2) is 11.5 Å². The Kier molecular flexibility index (Phi) is 3.31. The molecule has 4 heteroatoms. The van der Waals surface area contributed by atoms with E-state index in [2.05, 4.69) is 10.5 Å². The molecule has 98 valence electrons. The molecule has 1 amide bonds. The quantitative estimate of drug-likeness (QED) is 0.915. The number of carbonyl (C=O) groups is 1. The van der Waals surface area contributed by atoms with Gasteiger partial charge in [0, 0.05) is 18.2 Å². The van der Waals surface area contributed by atoms with Crippen LogP contribution in [0.5, 0.6) is 0 Å². The molecule has 1 aliphatic rings. The van der Waals surface area contributed by atoms with Crippen LogP contribution in [0.25, 0.3) is 11.3 Å². The predicted molar refractivity (Wildman–Crippen MR) is 71.6 cm³/mol. The summed E-state index contributed by atoms with van der Waals surface area (Å²) in [7, 11) is 0. The number of hydrogen-bond acceptors (Lipinski definition) is 3. The van der Waals surface area contributed by atoms with Gasteiger partial charge in [-0.15, -0.1) is 0 Å². The van der Waals surface area contributed by atoms with Crippen molar-refractivity contribution >= 4 is 5.91 Å². The zero-order valence-electron chi connectivity index (χ0n) is 10.6. The molecule has 1 N–H and O–H groups in total. The third kappa shape index (κ3) is 2.67. The zero-order valence-corrected chi connectivity index (χ0v) is 10.6. The predicted octanol–water partition coefficient (Wildman–Crippen LogP) is 2.87. The van der Waals surface area contributed by atoms with Gasteiger partial charge in [0.1, 0.15) is 0 Å². The molecule has 0 radical (unpaired) electrons. The Labute approximate surface area is 111 Å². The fraction of sp³-hybridized carbons (Fsp3) is 0.333. The molecule has 19 heavy (non-hydrogen) atoms. The zero-order chi connectivity index (χ0) is 13.1. The summed E-state index contributed by atoms with van der Waals surface area (Å²) in [6, 6.07) is 11.3. The van der Waals surface area contributed by atoms with Crippen LogP contribution < -0.4 is 5.32 Å². The second-order valence-corrected chi connectivity index (χ2v) is 4.95. The minimum atomic E-state index is -0.155. The molecule has 1 heterocycles. The molecule has 1 aromatic heterocycles. The molecule has 1 aromatic carbocycles. The van der Waals surface area contributed by atoms with Gasteiger partial charge in [0.25, 0.3) is 5.91 Å². The lowest BCUT2D eigenvalue weighted by atomic mass is 9.85. The van der Waals surface area contributed by atoms with Gasteiger partial charge in [0.05, 0.1) is 0 Å². The molecule has 2 aromatic rings. The topological polar surface area (TPSA) is 55.1 Å². The number of nitrogens with zero attached hydrogens (tertiary/aromatic N) is 1. The Morgan fingerprint density at radius 3 is 2.79 bits per heavy atom. The first-order valence-electron chi connectivity index (χ1n) is 6.63. The largest absolute Gasteiger partial charge is 0.355 e. The Balaban J connectivity index is 1.65. The highest BCUT2D eigenvalue weighted by atomic mass is 16.5. The Hall–Kier alpha value is -2.10. The molecular weight excluding hydrogens is 240 g/mol. The van der Waals surface area contributed by atoms with Crippen molar-refractivity contribution in [2.75, 3.05) is 6.54 Å². The number of nitrogens with one attached hydrogen (secondary N) is 1. The van der Waals surface area contributed by atoms with Gasteiger partial charge in [0.2, 0.25) is 0 Å². The van der Waals surface area contributed by atoms with Gasteiger partial charge >= 0.3 is 0 Å². The first-order chi connectivity index (χ1) is 9.33. The van der Waals surface area contributed by atoms with E-state index in [9.17, 15) is 4.79 Å². The van der Waals surface area contributed by atoms with Crippen LogP contribution in [0.1, 0.15) is 29.8 Å².